The number of nitrogens with one attached hydrogen (secondary N) is 1. The molecule has 0 unspecified atom stereocenters. The Bertz CT molecular complexity index is 376. The molecule has 3 N–H and O–H groups in total. The van der Waals surface area contributed by atoms with E-state index < -0.39 is 0 Å². The summed E-state index contributed by atoms with van der Waals surface area (Å²) in [5, 5.41) is 2.88. The van der Waals surface area contributed by atoms with Crippen LogP contribution in [0, 0.1) is 20.8 Å². The zero-order valence-corrected chi connectivity index (χ0v) is 10.4. The molecule has 16 heavy (non-hydrogen) atoms. The Balaban J connectivity index is 3.00. The molecule has 1 aromatic rings. The van der Waals surface area contributed by atoms with E-state index in [4.69, 9.17) is 5.73 Å². The fourth-order valence-corrected chi connectivity index (χ4v) is 1.89. The van der Waals surface area contributed by atoms with Crippen molar-refractivity contribution in [3.63, 3.8) is 0 Å². The molecule has 0 aromatic heterocycles. The van der Waals surface area contributed by atoms with Crippen LogP contribution in [0.2, 0.25) is 0 Å². The third kappa shape index (κ3) is 2.83. The third-order valence-electron chi connectivity index (χ3n) is 2.64. The Labute approximate surface area is 97.0 Å². The molecule has 0 saturated carbocycles. The van der Waals surface area contributed by atoms with E-state index in [-0.39, 0.29) is 11.9 Å². The van der Waals surface area contributed by atoms with Gasteiger partial charge in [-0.3, -0.25) is 4.79 Å². The number of amides is 1. The Morgan fingerprint density at radius 3 is 2.25 bits per heavy atom. The van der Waals surface area contributed by atoms with E-state index in [0.717, 1.165) is 16.7 Å². The molecule has 1 aromatic carbocycles. The first-order chi connectivity index (χ1) is 7.45. The molecule has 0 saturated heterocycles. The minimum atomic E-state index is -0.0343. The Morgan fingerprint density at radius 2 is 1.81 bits per heavy atom. The maximum absolute atomic E-state index is 12.0. The van der Waals surface area contributed by atoms with E-state index in [1.54, 1.807) is 0 Å². The van der Waals surface area contributed by atoms with Crippen molar-refractivity contribution in [2.75, 3.05) is 6.54 Å². The van der Waals surface area contributed by atoms with Crippen molar-refractivity contribution in [1.82, 2.24) is 5.32 Å². The van der Waals surface area contributed by atoms with Crippen LogP contribution >= 0.6 is 0 Å². The Hall–Kier alpha value is -1.35. The SMILES string of the molecule is Cc1cc(C)c(C(=O)N[C@H](C)CN)c(C)c1. The summed E-state index contributed by atoms with van der Waals surface area (Å²) in [6.07, 6.45) is 0. The number of rotatable bonds is 3. The number of aryl methyl sites for hydroxylation is 3. The van der Waals surface area contributed by atoms with Gasteiger partial charge in [-0.2, -0.15) is 0 Å². The average Bonchev–Trinajstić information content (AvgIpc) is 2.15. The Morgan fingerprint density at radius 1 is 1.31 bits per heavy atom. The summed E-state index contributed by atoms with van der Waals surface area (Å²) in [4.78, 5) is 12.0. The van der Waals surface area contributed by atoms with Gasteiger partial charge in [0.25, 0.3) is 5.91 Å². The molecule has 3 nitrogen and oxygen atoms in total. The monoisotopic (exact) mass is 220 g/mol. The molecule has 0 radical (unpaired) electrons. The predicted octanol–water partition coefficient (Wildman–Crippen LogP) is 1.69. The zero-order chi connectivity index (χ0) is 12.3. The highest BCUT2D eigenvalue weighted by Crippen LogP contribution is 2.16. The van der Waals surface area contributed by atoms with E-state index in [0.29, 0.717) is 6.54 Å². The zero-order valence-electron chi connectivity index (χ0n) is 10.4. The summed E-state index contributed by atoms with van der Waals surface area (Å²) in [6, 6.07) is 4.05. The molecule has 0 aliphatic heterocycles. The van der Waals surface area contributed by atoms with Gasteiger partial charge < -0.3 is 11.1 Å². The van der Waals surface area contributed by atoms with Crippen molar-refractivity contribution in [2.24, 2.45) is 5.73 Å². The summed E-state index contributed by atoms with van der Waals surface area (Å²) in [5.74, 6) is -0.0343. The van der Waals surface area contributed by atoms with Crippen LogP contribution < -0.4 is 11.1 Å². The largest absolute Gasteiger partial charge is 0.348 e. The molecule has 88 valence electrons. The van der Waals surface area contributed by atoms with E-state index in [1.807, 2.05) is 39.8 Å². The number of hydrogen-bond acceptors (Lipinski definition) is 2. The second-order valence-electron chi connectivity index (χ2n) is 4.38. The van der Waals surface area contributed by atoms with Crippen LogP contribution in [-0.4, -0.2) is 18.5 Å². The van der Waals surface area contributed by atoms with Crippen molar-refractivity contribution in [3.8, 4) is 0 Å². The third-order valence-corrected chi connectivity index (χ3v) is 2.64. The maximum atomic E-state index is 12.0. The number of nitrogens with two attached hydrogens (primary N) is 1. The first kappa shape index (κ1) is 12.7. The van der Waals surface area contributed by atoms with Crippen LogP contribution in [0.5, 0.6) is 0 Å². The van der Waals surface area contributed by atoms with Crippen molar-refractivity contribution in [3.05, 3.63) is 34.4 Å². The number of hydrogen-bond donors (Lipinski definition) is 2. The lowest BCUT2D eigenvalue weighted by Gasteiger charge is -2.15. The van der Waals surface area contributed by atoms with Gasteiger partial charge in [-0.15, -0.1) is 0 Å². The fraction of sp³-hybridized carbons (Fsp3) is 0.462. The number of carbonyl (C=O) groups is 1. The molecule has 1 amide bonds. The molecule has 0 spiro atoms. The van der Waals surface area contributed by atoms with Gasteiger partial charge in [0, 0.05) is 18.2 Å². The molecule has 1 atom stereocenters. The van der Waals surface area contributed by atoms with Crippen LogP contribution in [0.3, 0.4) is 0 Å². The average molecular weight is 220 g/mol. The lowest BCUT2D eigenvalue weighted by atomic mass is 9.99. The van der Waals surface area contributed by atoms with Crippen LogP contribution in [0.1, 0.15) is 34.0 Å². The maximum Gasteiger partial charge on any atom is 0.252 e. The van der Waals surface area contributed by atoms with Crippen molar-refractivity contribution in [2.45, 2.75) is 33.7 Å². The first-order valence-electron chi connectivity index (χ1n) is 5.54. The van der Waals surface area contributed by atoms with Crippen LogP contribution in [-0.2, 0) is 0 Å². The second-order valence-corrected chi connectivity index (χ2v) is 4.38. The lowest BCUT2D eigenvalue weighted by molar-refractivity contribution is 0.0940. The quantitative estimate of drug-likeness (QED) is 0.814. The molecule has 3 heteroatoms. The highest BCUT2D eigenvalue weighted by molar-refractivity contribution is 5.97. The minimum absolute atomic E-state index is 0.00704. The minimum Gasteiger partial charge on any atom is -0.348 e. The van der Waals surface area contributed by atoms with Gasteiger partial charge in [0.2, 0.25) is 0 Å². The topological polar surface area (TPSA) is 55.1 Å². The molecule has 0 aliphatic carbocycles. The van der Waals surface area contributed by atoms with Gasteiger partial charge in [-0.1, -0.05) is 17.7 Å². The fourth-order valence-electron chi connectivity index (χ4n) is 1.89. The summed E-state index contributed by atoms with van der Waals surface area (Å²) in [5.41, 5.74) is 9.46. The molecule has 1 rings (SSSR count). The summed E-state index contributed by atoms with van der Waals surface area (Å²) in [7, 11) is 0. The summed E-state index contributed by atoms with van der Waals surface area (Å²) < 4.78 is 0. The van der Waals surface area contributed by atoms with E-state index in [1.165, 1.54) is 5.56 Å². The second kappa shape index (κ2) is 5.12. The highest BCUT2D eigenvalue weighted by Gasteiger charge is 2.14. The highest BCUT2D eigenvalue weighted by atomic mass is 16.1. The molecule has 0 fully saturated rings. The number of benzene rings is 1. The van der Waals surface area contributed by atoms with Gasteiger partial charge in [-0.25, -0.2) is 0 Å². The molecular formula is C13H20N2O. The van der Waals surface area contributed by atoms with Crippen LogP contribution in [0.4, 0.5) is 0 Å². The molecule has 0 heterocycles. The smallest absolute Gasteiger partial charge is 0.252 e. The van der Waals surface area contributed by atoms with E-state index in [9.17, 15) is 4.79 Å². The lowest BCUT2D eigenvalue weighted by Crippen LogP contribution is -2.38. The number of carbonyl (C=O) groups excluding carboxylic acids is 1. The predicted molar refractivity (Wildman–Crippen MR) is 66.6 cm³/mol. The molecular weight excluding hydrogens is 200 g/mol. The summed E-state index contributed by atoms with van der Waals surface area (Å²) >= 11 is 0. The molecule has 0 bridgehead atoms. The molecule has 0 aliphatic rings. The van der Waals surface area contributed by atoms with E-state index in [2.05, 4.69) is 5.32 Å². The Kier molecular flexibility index (Phi) is 4.07. The van der Waals surface area contributed by atoms with Crippen molar-refractivity contribution < 1.29 is 4.79 Å². The van der Waals surface area contributed by atoms with Crippen molar-refractivity contribution >= 4 is 5.91 Å². The van der Waals surface area contributed by atoms with Gasteiger partial charge in [0.05, 0.1) is 0 Å². The van der Waals surface area contributed by atoms with Crippen LogP contribution in [0.25, 0.3) is 0 Å². The van der Waals surface area contributed by atoms with Gasteiger partial charge >= 0.3 is 0 Å². The van der Waals surface area contributed by atoms with Gasteiger partial charge in [-0.05, 0) is 38.8 Å². The van der Waals surface area contributed by atoms with Crippen molar-refractivity contribution in [1.29, 1.82) is 0 Å². The van der Waals surface area contributed by atoms with Crippen LogP contribution in [0.15, 0.2) is 12.1 Å². The van der Waals surface area contributed by atoms with E-state index >= 15 is 0 Å². The summed E-state index contributed by atoms with van der Waals surface area (Å²) in [6.45, 7) is 8.31. The normalized spacial score (nSPS) is 12.3. The first-order valence-corrected chi connectivity index (χ1v) is 5.54. The standard InChI is InChI=1S/C13H20N2O/c1-8-5-9(2)12(10(3)6-8)13(16)15-11(4)7-14/h5-6,11H,7,14H2,1-4H3,(H,15,16)/t11-/m1/s1. The van der Waals surface area contributed by atoms with Gasteiger partial charge in [0.15, 0.2) is 0 Å². The van der Waals surface area contributed by atoms with Gasteiger partial charge in [0.1, 0.15) is 0 Å².